The van der Waals surface area contributed by atoms with Crippen LogP contribution in [0.25, 0.3) is 0 Å². The Balaban J connectivity index is -0.000000156. The number of carboxylic acid groups (broad SMARTS) is 2. The topological polar surface area (TPSA) is 224 Å². The van der Waals surface area contributed by atoms with E-state index < -0.39 is 49.0 Å². The van der Waals surface area contributed by atoms with Crippen LogP contribution in [0.4, 0.5) is 0 Å². The number of hydrogen-bond acceptors (Lipinski definition) is 11. The first kappa shape index (κ1) is 32.1. The smallest absolute Gasteiger partial charge is 0.550 e. The molecule has 130 valence electrons. The number of aliphatic hydroxyl groups excluding tert-OH is 5. The van der Waals surface area contributed by atoms with Crippen LogP contribution in [0.1, 0.15) is 12.8 Å². The minimum absolute atomic E-state index is 0. The van der Waals surface area contributed by atoms with E-state index in [2.05, 4.69) is 0 Å². The van der Waals surface area contributed by atoms with Crippen LogP contribution in [-0.2, 0) is 14.4 Å². The number of hydrogen-bond donors (Lipinski definition) is 6. The molecule has 0 aliphatic rings. The number of carbonyl (C=O) groups excluding carboxylic acids is 3. The van der Waals surface area contributed by atoms with Crippen molar-refractivity contribution in [2.45, 2.75) is 43.3 Å². The Labute approximate surface area is 182 Å². The van der Waals surface area contributed by atoms with E-state index in [-0.39, 0.29) is 78.2 Å². The van der Waals surface area contributed by atoms with Crippen LogP contribution in [0.5, 0.6) is 0 Å². The fourth-order valence-corrected chi connectivity index (χ4v) is 1.01. The molecule has 5 atom stereocenters. The molecule has 13 heteroatoms. The molecule has 0 bridgehead atoms. The van der Waals surface area contributed by atoms with Crippen molar-refractivity contribution in [3.8, 4) is 0 Å². The number of aliphatic hydroxyl groups is 5. The van der Waals surface area contributed by atoms with Gasteiger partial charge in [-0.05, 0) is 12.8 Å². The van der Waals surface area contributed by atoms with Gasteiger partial charge in [-0.2, -0.15) is 0 Å². The SMILES string of the molecule is N[C@@H](CCC(=O)[O-])C(=O)[O-].O=C[C@H](O)[C@@H](O)[C@H](O)[C@H](O)CO.[Na+].[Na+]. The number of aliphatic carboxylic acids is 2. The Hall–Kier alpha value is 0.370. The number of aldehydes is 1. The second kappa shape index (κ2) is 18.2. The van der Waals surface area contributed by atoms with E-state index in [9.17, 15) is 24.6 Å². The van der Waals surface area contributed by atoms with Gasteiger partial charge in [0.2, 0.25) is 0 Å². The Kier molecular flexibility index (Phi) is 24.3. The van der Waals surface area contributed by atoms with E-state index >= 15 is 0 Å². The van der Waals surface area contributed by atoms with Crippen LogP contribution in [0.15, 0.2) is 0 Å². The third kappa shape index (κ3) is 15.9. The molecule has 0 unspecified atom stereocenters. The molecule has 7 N–H and O–H groups in total. The van der Waals surface area contributed by atoms with Crippen molar-refractivity contribution in [2.75, 3.05) is 6.61 Å². The molecule has 0 fully saturated rings. The first-order valence-corrected chi connectivity index (χ1v) is 6.03. The van der Waals surface area contributed by atoms with Crippen molar-refractivity contribution in [3.63, 3.8) is 0 Å². The zero-order valence-electron chi connectivity index (χ0n) is 13.4. The predicted molar refractivity (Wildman–Crippen MR) is 64.4 cm³/mol. The molecule has 24 heavy (non-hydrogen) atoms. The maximum absolute atomic E-state index is 9.90. The van der Waals surface area contributed by atoms with E-state index in [1.54, 1.807) is 0 Å². The molecule has 0 saturated heterocycles. The summed E-state index contributed by atoms with van der Waals surface area (Å²) in [5.41, 5.74) is 4.91. The van der Waals surface area contributed by atoms with Gasteiger partial charge in [-0.3, -0.25) is 0 Å². The molecule has 0 aromatic heterocycles. The molecule has 0 aliphatic carbocycles. The monoisotopic (exact) mass is 371 g/mol. The van der Waals surface area contributed by atoms with Crippen LogP contribution >= 0.6 is 0 Å². The summed E-state index contributed by atoms with van der Waals surface area (Å²) in [6.45, 7) is -0.760. The fraction of sp³-hybridized carbons (Fsp3) is 0.727. The van der Waals surface area contributed by atoms with E-state index in [1.807, 2.05) is 0 Å². The standard InChI is InChI=1S/C6H12O6.C5H9NO4.2Na/c7-1-3(9)5(11)6(12)4(10)2-8;6-3(5(9)10)1-2-4(7)8;;/h1,3-6,8-12H,2H2;3H,1-2,6H2,(H,7,8)(H,9,10);;/q;;2*+1/p-2/t3-,4+,5+,6+;3-;;/m00../s1. The Bertz CT molecular complexity index is 360. The molecule has 0 aromatic rings. The molecule has 11 nitrogen and oxygen atoms in total. The Morgan fingerprint density at radius 3 is 1.79 bits per heavy atom. The number of carboxylic acids is 2. The van der Waals surface area contributed by atoms with Gasteiger partial charge in [0.05, 0.1) is 12.6 Å². The summed E-state index contributed by atoms with van der Waals surface area (Å²) in [4.78, 5) is 29.5. The minimum Gasteiger partial charge on any atom is -0.550 e. The summed E-state index contributed by atoms with van der Waals surface area (Å²) in [6.07, 6.45) is -7.34. The zero-order valence-corrected chi connectivity index (χ0v) is 17.4. The second-order valence-corrected chi connectivity index (χ2v) is 4.19. The van der Waals surface area contributed by atoms with Crippen LogP contribution in [0, 0.1) is 0 Å². The third-order valence-electron chi connectivity index (χ3n) is 2.38. The molecule has 0 rings (SSSR count). The van der Waals surface area contributed by atoms with E-state index in [1.165, 1.54) is 0 Å². The van der Waals surface area contributed by atoms with Gasteiger partial charge in [-0.1, -0.05) is 0 Å². The molecular formula is C11H19NNa2O10. The fourth-order valence-electron chi connectivity index (χ4n) is 1.01. The largest absolute Gasteiger partial charge is 1.00 e. The van der Waals surface area contributed by atoms with Crippen molar-refractivity contribution >= 4 is 18.2 Å². The van der Waals surface area contributed by atoms with E-state index in [4.69, 9.17) is 31.3 Å². The maximum Gasteiger partial charge on any atom is 1.00 e. The van der Waals surface area contributed by atoms with Gasteiger partial charge in [-0.15, -0.1) is 0 Å². The van der Waals surface area contributed by atoms with Gasteiger partial charge >= 0.3 is 59.1 Å². The van der Waals surface area contributed by atoms with Gasteiger partial charge in [0.1, 0.15) is 24.4 Å². The van der Waals surface area contributed by atoms with E-state index in [0.717, 1.165) is 0 Å². The van der Waals surface area contributed by atoms with Crippen LogP contribution in [0.3, 0.4) is 0 Å². The van der Waals surface area contributed by atoms with Crippen molar-refractivity contribution < 1.29 is 109 Å². The van der Waals surface area contributed by atoms with Crippen LogP contribution in [0.2, 0.25) is 0 Å². The number of rotatable bonds is 9. The van der Waals surface area contributed by atoms with Gasteiger partial charge in [0, 0.05) is 12.0 Å². The molecular weight excluding hydrogens is 352 g/mol. The first-order valence-electron chi connectivity index (χ1n) is 6.03. The molecule has 0 radical (unpaired) electrons. The van der Waals surface area contributed by atoms with Crippen molar-refractivity contribution in [1.29, 1.82) is 0 Å². The summed E-state index contributed by atoms with van der Waals surface area (Å²) in [5.74, 6) is -2.75. The average molecular weight is 371 g/mol. The Morgan fingerprint density at radius 2 is 1.50 bits per heavy atom. The number of nitrogens with two attached hydrogens (primary N) is 1. The Morgan fingerprint density at radius 1 is 1.04 bits per heavy atom. The van der Waals surface area contributed by atoms with Gasteiger partial charge in [0.25, 0.3) is 0 Å². The first-order chi connectivity index (χ1) is 10.1. The zero-order chi connectivity index (χ0) is 17.9. The maximum atomic E-state index is 9.90. The van der Waals surface area contributed by atoms with Crippen molar-refractivity contribution in [1.82, 2.24) is 0 Å². The average Bonchev–Trinajstić information content (AvgIpc) is 2.49. The summed E-state index contributed by atoms with van der Waals surface area (Å²) >= 11 is 0. The molecule has 0 aliphatic heterocycles. The molecule has 0 saturated carbocycles. The normalized spacial score (nSPS) is 15.8. The summed E-state index contributed by atoms with van der Waals surface area (Å²) < 4.78 is 0. The van der Waals surface area contributed by atoms with Gasteiger partial charge < -0.3 is 55.9 Å². The van der Waals surface area contributed by atoms with Crippen molar-refractivity contribution in [2.24, 2.45) is 5.73 Å². The molecule has 0 heterocycles. The van der Waals surface area contributed by atoms with Crippen LogP contribution < -0.4 is 75.1 Å². The van der Waals surface area contributed by atoms with Gasteiger partial charge in [-0.25, -0.2) is 0 Å². The minimum atomic E-state index is -1.79. The van der Waals surface area contributed by atoms with Gasteiger partial charge in [0.15, 0.2) is 6.29 Å². The summed E-state index contributed by atoms with van der Waals surface area (Å²) in [7, 11) is 0. The van der Waals surface area contributed by atoms with Crippen molar-refractivity contribution in [3.05, 3.63) is 0 Å². The molecule has 0 spiro atoms. The third-order valence-corrected chi connectivity index (χ3v) is 2.38. The summed E-state index contributed by atoms with van der Waals surface area (Å²) in [6, 6.07) is -1.21. The van der Waals surface area contributed by atoms with E-state index in [0.29, 0.717) is 0 Å². The summed E-state index contributed by atoms with van der Waals surface area (Å²) in [5, 5.41) is 63.1. The quantitative estimate of drug-likeness (QED) is 0.165. The molecule has 0 amide bonds. The van der Waals surface area contributed by atoms with Crippen LogP contribution in [-0.4, -0.2) is 80.8 Å². The predicted octanol–water partition coefficient (Wildman–Crippen LogP) is -12.8. The second-order valence-electron chi connectivity index (χ2n) is 4.19. The molecule has 0 aromatic carbocycles. The number of carbonyl (C=O) groups is 3.